The topological polar surface area (TPSA) is 96.2 Å². The first-order chi connectivity index (χ1) is 14.9. The van der Waals surface area contributed by atoms with E-state index in [1.165, 1.54) is 30.5 Å². The number of imidazole rings is 1. The van der Waals surface area contributed by atoms with Gasteiger partial charge in [0.2, 0.25) is 11.8 Å². The van der Waals surface area contributed by atoms with Gasteiger partial charge in [0.25, 0.3) is 0 Å². The molecule has 0 saturated carbocycles. The van der Waals surface area contributed by atoms with Crippen molar-refractivity contribution in [2.24, 2.45) is 0 Å². The van der Waals surface area contributed by atoms with Gasteiger partial charge in [-0.25, -0.2) is 9.37 Å². The summed E-state index contributed by atoms with van der Waals surface area (Å²) in [5, 5.41) is 15.5. The number of hydrogen-bond acceptors (Lipinski definition) is 5. The van der Waals surface area contributed by atoms with E-state index in [4.69, 9.17) is 0 Å². The van der Waals surface area contributed by atoms with Gasteiger partial charge in [0, 0.05) is 12.2 Å². The van der Waals surface area contributed by atoms with Crippen LogP contribution in [0.4, 0.5) is 10.1 Å². The Morgan fingerprint density at radius 2 is 1.81 bits per heavy atom. The summed E-state index contributed by atoms with van der Waals surface area (Å²) in [4.78, 5) is 28.8. The number of aryl methyl sites for hydroxylation is 1. The predicted octanol–water partition coefficient (Wildman–Crippen LogP) is 2.87. The van der Waals surface area contributed by atoms with Crippen molar-refractivity contribution in [3.05, 3.63) is 77.4 Å². The second-order valence-corrected chi connectivity index (χ2v) is 7.82. The fourth-order valence-corrected chi connectivity index (χ4v) is 3.57. The molecule has 0 radical (unpaired) electrons. The number of carbonyl (C=O) groups is 2. The average molecular weight is 443 g/mol. The van der Waals surface area contributed by atoms with Crippen LogP contribution in [0.15, 0.2) is 59.9 Å². The molecule has 0 bridgehead atoms. The maximum atomic E-state index is 13.0. The zero-order chi connectivity index (χ0) is 22.2. The van der Waals surface area contributed by atoms with Crippen molar-refractivity contribution in [3.63, 3.8) is 0 Å². The number of hydrogen-bond donors (Lipinski definition) is 3. The van der Waals surface area contributed by atoms with Gasteiger partial charge in [0.15, 0.2) is 5.16 Å². The van der Waals surface area contributed by atoms with E-state index >= 15 is 0 Å². The average Bonchev–Trinajstić information content (AvgIpc) is 3.15. The molecular formula is C22H23FN4O3S. The summed E-state index contributed by atoms with van der Waals surface area (Å²) in [7, 11) is 0. The number of benzene rings is 2. The van der Waals surface area contributed by atoms with Crippen LogP contribution in [-0.2, 0) is 29.3 Å². The SMILES string of the molecule is Cc1ccc(CNC(=O)Cn2c(CO)cnc2SCC(=O)Nc2ccc(F)cc2)cc1. The van der Waals surface area contributed by atoms with E-state index in [2.05, 4.69) is 15.6 Å². The van der Waals surface area contributed by atoms with Gasteiger partial charge in [-0.3, -0.25) is 9.59 Å². The molecule has 0 unspecified atom stereocenters. The van der Waals surface area contributed by atoms with Crippen molar-refractivity contribution in [3.8, 4) is 0 Å². The first kappa shape index (κ1) is 22.5. The van der Waals surface area contributed by atoms with Gasteiger partial charge in [0.1, 0.15) is 12.4 Å². The summed E-state index contributed by atoms with van der Waals surface area (Å²) in [6.07, 6.45) is 1.48. The Kier molecular flexibility index (Phi) is 7.80. The van der Waals surface area contributed by atoms with Crippen LogP contribution < -0.4 is 10.6 Å². The number of rotatable bonds is 9. The number of aliphatic hydroxyl groups excluding tert-OH is 1. The minimum absolute atomic E-state index is 0.0241. The van der Waals surface area contributed by atoms with E-state index in [0.29, 0.717) is 23.1 Å². The Morgan fingerprint density at radius 3 is 2.48 bits per heavy atom. The Hall–Kier alpha value is -3.17. The number of aliphatic hydroxyl groups is 1. The van der Waals surface area contributed by atoms with E-state index in [1.807, 2.05) is 31.2 Å². The third-order valence-corrected chi connectivity index (χ3v) is 5.43. The molecule has 162 valence electrons. The summed E-state index contributed by atoms with van der Waals surface area (Å²) in [6, 6.07) is 13.3. The lowest BCUT2D eigenvalue weighted by Gasteiger charge is -2.11. The third-order valence-electron chi connectivity index (χ3n) is 4.44. The highest BCUT2D eigenvalue weighted by molar-refractivity contribution is 7.99. The number of thioether (sulfide) groups is 1. The number of amides is 2. The second-order valence-electron chi connectivity index (χ2n) is 6.88. The third kappa shape index (κ3) is 6.66. The lowest BCUT2D eigenvalue weighted by molar-refractivity contribution is -0.122. The first-order valence-corrected chi connectivity index (χ1v) is 10.6. The maximum absolute atomic E-state index is 13.0. The largest absolute Gasteiger partial charge is 0.390 e. The van der Waals surface area contributed by atoms with Gasteiger partial charge in [-0.15, -0.1) is 0 Å². The number of carbonyl (C=O) groups excluding carboxylic acids is 2. The van der Waals surface area contributed by atoms with Crippen molar-refractivity contribution in [2.45, 2.75) is 31.8 Å². The Morgan fingerprint density at radius 1 is 1.10 bits per heavy atom. The lowest BCUT2D eigenvalue weighted by atomic mass is 10.1. The number of nitrogens with zero attached hydrogens (tertiary/aromatic N) is 2. The van der Waals surface area contributed by atoms with E-state index in [-0.39, 0.29) is 36.5 Å². The highest BCUT2D eigenvalue weighted by Gasteiger charge is 2.15. The molecule has 0 spiro atoms. The second kappa shape index (κ2) is 10.7. The summed E-state index contributed by atoms with van der Waals surface area (Å²) < 4.78 is 14.5. The molecule has 0 atom stereocenters. The number of halogens is 1. The first-order valence-electron chi connectivity index (χ1n) is 9.60. The molecule has 3 rings (SSSR count). The van der Waals surface area contributed by atoms with E-state index in [0.717, 1.165) is 22.9 Å². The van der Waals surface area contributed by atoms with E-state index < -0.39 is 0 Å². The van der Waals surface area contributed by atoms with E-state index in [1.54, 1.807) is 4.57 Å². The fraction of sp³-hybridized carbons (Fsp3) is 0.227. The van der Waals surface area contributed by atoms with Crippen molar-refractivity contribution >= 4 is 29.3 Å². The molecule has 2 amide bonds. The van der Waals surface area contributed by atoms with Crippen LogP contribution in [0, 0.1) is 12.7 Å². The van der Waals surface area contributed by atoms with Gasteiger partial charge < -0.3 is 20.3 Å². The van der Waals surface area contributed by atoms with E-state index in [9.17, 15) is 19.1 Å². The number of nitrogens with one attached hydrogen (secondary N) is 2. The fourth-order valence-electron chi connectivity index (χ4n) is 2.77. The van der Waals surface area contributed by atoms with Gasteiger partial charge in [-0.2, -0.15) is 0 Å². The Balaban J connectivity index is 1.56. The van der Waals surface area contributed by atoms with Gasteiger partial charge in [-0.1, -0.05) is 41.6 Å². The van der Waals surface area contributed by atoms with Crippen LogP contribution in [0.1, 0.15) is 16.8 Å². The van der Waals surface area contributed by atoms with Crippen molar-refractivity contribution in [1.82, 2.24) is 14.9 Å². The molecule has 1 heterocycles. The normalized spacial score (nSPS) is 10.7. The summed E-state index contributed by atoms with van der Waals surface area (Å²) in [6.45, 7) is 2.09. The quantitative estimate of drug-likeness (QED) is 0.443. The summed E-state index contributed by atoms with van der Waals surface area (Å²) in [5.41, 5.74) is 3.10. The Labute approximate surface area is 183 Å². The maximum Gasteiger partial charge on any atom is 0.240 e. The lowest BCUT2D eigenvalue weighted by Crippen LogP contribution is -2.28. The van der Waals surface area contributed by atoms with Crippen molar-refractivity contribution in [1.29, 1.82) is 0 Å². The van der Waals surface area contributed by atoms with Crippen LogP contribution in [0.3, 0.4) is 0 Å². The highest BCUT2D eigenvalue weighted by Crippen LogP contribution is 2.19. The molecule has 9 heteroatoms. The van der Waals surface area contributed by atoms with Crippen molar-refractivity contribution < 1.29 is 19.1 Å². The molecule has 31 heavy (non-hydrogen) atoms. The number of aromatic nitrogens is 2. The molecule has 0 aliphatic carbocycles. The van der Waals surface area contributed by atoms with Crippen LogP contribution in [0.2, 0.25) is 0 Å². The van der Waals surface area contributed by atoms with Crippen LogP contribution in [-0.4, -0.2) is 32.2 Å². The van der Waals surface area contributed by atoms with Crippen LogP contribution in [0.5, 0.6) is 0 Å². The Bertz CT molecular complexity index is 1040. The highest BCUT2D eigenvalue weighted by atomic mass is 32.2. The smallest absolute Gasteiger partial charge is 0.240 e. The molecule has 0 fully saturated rings. The van der Waals surface area contributed by atoms with Gasteiger partial charge >= 0.3 is 0 Å². The molecule has 3 aromatic rings. The molecular weight excluding hydrogens is 419 g/mol. The zero-order valence-electron chi connectivity index (χ0n) is 17.0. The number of anilines is 1. The monoisotopic (exact) mass is 442 g/mol. The van der Waals surface area contributed by atoms with Crippen LogP contribution >= 0.6 is 11.8 Å². The molecule has 1 aromatic heterocycles. The standard InChI is InChI=1S/C22H23FN4O3S/c1-15-2-4-16(5-3-15)10-24-20(29)12-27-19(13-28)11-25-22(27)31-14-21(30)26-18-8-6-17(23)7-9-18/h2-9,11,28H,10,12-14H2,1H3,(H,24,29)(H,26,30). The predicted molar refractivity (Wildman–Crippen MR) is 117 cm³/mol. The van der Waals surface area contributed by atoms with Crippen molar-refractivity contribution in [2.75, 3.05) is 11.1 Å². The minimum Gasteiger partial charge on any atom is -0.390 e. The molecule has 7 nitrogen and oxygen atoms in total. The molecule has 0 aliphatic heterocycles. The van der Waals surface area contributed by atoms with Crippen LogP contribution in [0.25, 0.3) is 0 Å². The summed E-state index contributed by atoms with van der Waals surface area (Å²) in [5.74, 6) is -0.859. The van der Waals surface area contributed by atoms with Gasteiger partial charge in [0.05, 0.1) is 24.3 Å². The molecule has 0 saturated heterocycles. The summed E-state index contributed by atoms with van der Waals surface area (Å²) >= 11 is 1.15. The molecule has 2 aromatic carbocycles. The van der Waals surface area contributed by atoms with Gasteiger partial charge in [-0.05, 0) is 36.8 Å². The zero-order valence-corrected chi connectivity index (χ0v) is 17.8. The molecule has 3 N–H and O–H groups in total. The minimum atomic E-state index is -0.383. The molecule has 0 aliphatic rings.